The van der Waals surface area contributed by atoms with Gasteiger partial charge in [-0.15, -0.1) is 0 Å². The molecule has 6 nitrogen and oxygen atoms in total. The zero-order chi connectivity index (χ0) is 37.2. The van der Waals surface area contributed by atoms with E-state index >= 15 is 0 Å². The molecule has 4 atom stereocenters. The van der Waals surface area contributed by atoms with E-state index in [1.807, 2.05) is 24.3 Å². The predicted molar refractivity (Wildman–Crippen MR) is 222 cm³/mol. The van der Waals surface area contributed by atoms with Gasteiger partial charge in [0.15, 0.2) is 0 Å². The molecule has 0 fully saturated rings. The number of para-hydroxylation sites is 2. The van der Waals surface area contributed by atoms with Crippen molar-refractivity contribution in [1.29, 1.82) is 10.5 Å². The fraction of sp³-hybridized carbons (Fsp3) is 0.184. The molecule has 1 aliphatic heterocycles. The Morgan fingerprint density at radius 3 is 2.45 bits per heavy atom. The van der Waals surface area contributed by atoms with E-state index in [9.17, 15) is 10.5 Å². The van der Waals surface area contributed by atoms with Gasteiger partial charge < -0.3 is 18.8 Å². The van der Waals surface area contributed by atoms with Gasteiger partial charge in [0.05, 0.1) is 35.3 Å². The number of nitriles is 2. The maximum Gasteiger partial charge on any atom is 0.141 e. The molecule has 10 rings (SSSR count). The maximum absolute atomic E-state index is 10.9. The zero-order valence-corrected chi connectivity index (χ0v) is 30.7. The van der Waals surface area contributed by atoms with Crippen molar-refractivity contribution in [2.45, 2.75) is 56.7 Å². The van der Waals surface area contributed by atoms with Crippen molar-refractivity contribution < 1.29 is 4.42 Å². The lowest BCUT2D eigenvalue weighted by Crippen LogP contribution is -2.47. The Bertz CT molecular complexity index is 2750. The van der Waals surface area contributed by atoms with Crippen LogP contribution in [-0.4, -0.2) is 16.7 Å². The quantitative estimate of drug-likeness (QED) is 0.175. The molecule has 5 aromatic rings. The van der Waals surface area contributed by atoms with Gasteiger partial charge in [0.2, 0.25) is 0 Å². The highest BCUT2D eigenvalue weighted by Gasteiger charge is 2.47. The average molecular weight is 714 g/mol. The van der Waals surface area contributed by atoms with Crippen molar-refractivity contribution >= 4 is 45.4 Å². The van der Waals surface area contributed by atoms with E-state index in [2.05, 4.69) is 149 Å². The smallest absolute Gasteiger partial charge is 0.141 e. The van der Waals surface area contributed by atoms with Crippen molar-refractivity contribution in [3.63, 3.8) is 0 Å². The van der Waals surface area contributed by atoms with Crippen molar-refractivity contribution in [2.24, 2.45) is 0 Å². The van der Waals surface area contributed by atoms with Crippen LogP contribution in [0.3, 0.4) is 0 Å². The minimum absolute atomic E-state index is 0.0539. The number of furan rings is 1. The van der Waals surface area contributed by atoms with Crippen LogP contribution >= 0.6 is 0 Å². The number of aromatic nitrogens is 1. The summed E-state index contributed by atoms with van der Waals surface area (Å²) >= 11 is 0. The molecular weight excluding hydrogens is 675 g/mol. The van der Waals surface area contributed by atoms with Crippen LogP contribution in [0.5, 0.6) is 0 Å². The van der Waals surface area contributed by atoms with Gasteiger partial charge in [0.1, 0.15) is 17.4 Å². The minimum atomic E-state index is -0.476. The molecule has 6 heteroatoms. The number of fused-ring (bicyclic) bond motifs is 8. The Balaban J connectivity index is 1.20. The molecule has 0 radical (unpaired) electrons. The number of allylic oxidation sites excluding steroid dienone is 7. The van der Waals surface area contributed by atoms with E-state index in [0.29, 0.717) is 11.1 Å². The lowest BCUT2D eigenvalue weighted by molar-refractivity contribution is 0.475. The van der Waals surface area contributed by atoms with Crippen molar-refractivity contribution in [3.05, 3.63) is 179 Å². The van der Waals surface area contributed by atoms with Gasteiger partial charge >= 0.3 is 0 Å². The summed E-state index contributed by atoms with van der Waals surface area (Å²) in [5.74, 6) is 0.889. The van der Waals surface area contributed by atoms with E-state index < -0.39 is 6.04 Å². The summed E-state index contributed by atoms with van der Waals surface area (Å²) in [5.41, 5.74) is 11.7. The topological polar surface area (TPSA) is 72.1 Å². The van der Waals surface area contributed by atoms with Gasteiger partial charge in [0.25, 0.3) is 0 Å². The molecule has 0 saturated heterocycles. The molecule has 0 amide bonds. The SMILES string of the molecule is C=Cc1c(C)n([C@@H]2C(C#N)=C(C#N)C=CC2N2c3ccc4c5c(oc4c3C3C=C(N(C4=CCCC=C4)c4ccccc4)C=CC32)C=CCC5)c2ccccc12. The Labute approximate surface area is 321 Å². The summed E-state index contributed by atoms with van der Waals surface area (Å²) in [5, 5.41) is 23.5. The standard InChI is InChI=1S/C49H39N5O/c1-3-36-31(2)52(42-20-12-10-18-37(36)42)48-41(30-51)32(29-50)22-25-45(48)54-43-26-23-35(53(33-14-6-4-7-15-33)34-16-8-5-9-17-34)28-40(43)47-44(54)27-24-39-38-19-11-13-21-46(38)55-49(39)47/h3-4,6-8,10,12-18,20-28,40,43,45,48H,1,5,9,11,19H2,2H3/t40?,43?,45?,48-/m1/s1. The van der Waals surface area contributed by atoms with E-state index in [0.717, 1.165) is 87.5 Å². The molecule has 55 heavy (non-hydrogen) atoms. The van der Waals surface area contributed by atoms with Gasteiger partial charge in [-0.2, -0.15) is 10.5 Å². The predicted octanol–water partition coefficient (Wildman–Crippen LogP) is 11.3. The van der Waals surface area contributed by atoms with Crippen LogP contribution in [0.25, 0.3) is 34.0 Å². The van der Waals surface area contributed by atoms with E-state index in [1.54, 1.807) is 0 Å². The molecule has 266 valence electrons. The molecule has 5 aliphatic rings. The maximum atomic E-state index is 10.9. The minimum Gasteiger partial charge on any atom is -0.456 e. The second-order valence-corrected chi connectivity index (χ2v) is 14.9. The Kier molecular flexibility index (Phi) is 7.75. The first-order valence-corrected chi connectivity index (χ1v) is 19.2. The lowest BCUT2D eigenvalue weighted by atomic mass is 9.86. The van der Waals surface area contributed by atoms with Crippen LogP contribution in [0.2, 0.25) is 0 Å². The van der Waals surface area contributed by atoms with Crippen LogP contribution in [0.1, 0.15) is 59.4 Å². The van der Waals surface area contributed by atoms with Crippen LogP contribution in [-0.2, 0) is 6.42 Å². The van der Waals surface area contributed by atoms with Crippen LogP contribution < -0.4 is 9.80 Å². The Morgan fingerprint density at radius 1 is 0.836 bits per heavy atom. The van der Waals surface area contributed by atoms with Crippen LogP contribution in [0, 0.1) is 29.6 Å². The molecule has 3 aromatic carbocycles. The van der Waals surface area contributed by atoms with Crippen molar-refractivity contribution in [3.8, 4) is 12.1 Å². The highest BCUT2D eigenvalue weighted by molar-refractivity contribution is 5.95. The summed E-state index contributed by atoms with van der Waals surface area (Å²) in [4.78, 5) is 4.85. The number of benzene rings is 3. The highest BCUT2D eigenvalue weighted by Crippen LogP contribution is 2.53. The summed E-state index contributed by atoms with van der Waals surface area (Å²) < 4.78 is 9.12. The Hall–Kier alpha value is -6.76. The third-order valence-electron chi connectivity index (χ3n) is 12.1. The van der Waals surface area contributed by atoms with Crippen LogP contribution in [0.4, 0.5) is 11.4 Å². The number of aryl methyl sites for hydroxylation is 1. The summed E-state index contributed by atoms with van der Waals surface area (Å²) in [7, 11) is 0. The first kappa shape index (κ1) is 32.9. The first-order chi connectivity index (χ1) is 27.1. The summed E-state index contributed by atoms with van der Waals surface area (Å²) in [6.07, 6.45) is 28.0. The molecule has 0 saturated carbocycles. The first-order valence-electron chi connectivity index (χ1n) is 19.2. The number of anilines is 2. The van der Waals surface area contributed by atoms with Crippen molar-refractivity contribution in [1.82, 2.24) is 4.57 Å². The fourth-order valence-corrected chi connectivity index (χ4v) is 9.74. The molecule has 0 bridgehead atoms. The number of hydrogen-bond acceptors (Lipinski definition) is 5. The second kappa shape index (κ2) is 13.0. The Morgan fingerprint density at radius 2 is 1.65 bits per heavy atom. The fourth-order valence-electron chi connectivity index (χ4n) is 9.74. The van der Waals surface area contributed by atoms with Gasteiger partial charge in [0, 0.05) is 67.4 Å². The second-order valence-electron chi connectivity index (χ2n) is 14.9. The number of hydrogen-bond donors (Lipinski definition) is 0. The number of nitrogens with zero attached hydrogens (tertiary/aromatic N) is 5. The third-order valence-corrected chi connectivity index (χ3v) is 12.1. The molecule has 3 heterocycles. The van der Waals surface area contributed by atoms with E-state index in [-0.39, 0.29) is 18.0 Å². The summed E-state index contributed by atoms with van der Waals surface area (Å²) in [6.45, 7) is 6.27. The van der Waals surface area contributed by atoms with Crippen LogP contribution in [0.15, 0.2) is 155 Å². The van der Waals surface area contributed by atoms with Gasteiger partial charge in [-0.05, 0) is 87.2 Å². The molecule has 2 aromatic heterocycles. The van der Waals surface area contributed by atoms with Crippen molar-refractivity contribution in [2.75, 3.05) is 9.80 Å². The zero-order valence-electron chi connectivity index (χ0n) is 30.7. The van der Waals surface area contributed by atoms with E-state index in [1.165, 1.54) is 10.9 Å². The molecule has 0 spiro atoms. The molecule has 3 unspecified atom stereocenters. The normalized spacial score (nSPS) is 22.2. The van der Waals surface area contributed by atoms with E-state index in [4.69, 9.17) is 4.42 Å². The highest BCUT2D eigenvalue weighted by atomic mass is 16.3. The van der Waals surface area contributed by atoms with Gasteiger partial charge in [-0.3, -0.25) is 0 Å². The molecule has 0 N–H and O–H groups in total. The number of rotatable bonds is 6. The van der Waals surface area contributed by atoms with Gasteiger partial charge in [-0.1, -0.05) is 85.5 Å². The monoisotopic (exact) mass is 713 g/mol. The largest absolute Gasteiger partial charge is 0.456 e. The molecular formula is C49H39N5O. The third kappa shape index (κ3) is 4.92. The van der Waals surface area contributed by atoms with Gasteiger partial charge in [-0.25, -0.2) is 0 Å². The molecule has 4 aliphatic carbocycles. The summed E-state index contributed by atoms with van der Waals surface area (Å²) in [6, 6.07) is 27.4. The lowest BCUT2D eigenvalue weighted by Gasteiger charge is -2.42. The average Bonchev–Trinajstić information content (AvgIpc) is 3.87.